The monoisotopic (exact) mass is 320 g/mol. The van der Waals surface area contributed by atoms with E-state index in [0.717, 1.165) is 38.4 Å². The number of hydrogen-bond acceptors (Lipinski definition) is 4. The number of likely N-dealkylation sites (tertiary alicyclic amines) is 1. The third-order valence-corrected chi connectivity index (χ3v) is 6.53. The Labute approximate surface area is 135 Å². The maximum atomic E-state index is 11.4. The van der Waals surface area contributed by atoms with Crippen LogP contribution in [0, 0.1) is 0 Å². The lowest BCUT2D eigenvalue weighted by Crippen LogP contribution is -2.49. The average Bonchev–Trinajstić information content (AvgIpc) is 3.21. The summed E-state index contributed by atoms with van der Waals surface area (Å²) < 4.78 is 5.56. The zero-order chi connectivity index (χ0) is 15.0. The van der Waals surface area contributed by atoms with Crippen molar-refractivity contribution in [3.8, 4) is 0 Å². The number of nitrogens with zero attached hydrogens (tertiary/aromatic N) is 1. The second kappa shape index (κ2) is 5.85. The second-order valence-corrected chi connectivity index (χ2v) is 8.23. The fraction of sp³-hybridized carbons (Fsp3) is 0.706. The normalized spacial score (nSPS) is 29.9. The van der Waals surface area contributed by atoms with Gasteiger partial charge in [-0.25, -0.2) is 4.79 Å². The lowest BCUT2D eigenvalue weighted by molar-refractivity contribution is -0.0108. The van der Waals surface area contributed by atoms with Crippen LogP contribution in [0.3, 0.4) is 0 Å². The van der Waals surface area contributed by atoms with Crippen molar-refractivity contribution in [2.45, 2.75) is 56.6 Å². The minimum absolute atomic E-state index is 0.249. The number of nitrogens with one attached hydrogen (secondary N) is 1. The van der Waals surface area contributed by atoms with Gasteiger partial charge in [0.25, 0.3) is 0 Å². The summed E-state index contributed by atoms with van der Waals surface area (Å²) in [6.07, 6.45) is 7.37. The minimum atomic E-state index is -0.277. The highest BCUT2D eigenvalue weighted by molar-refractivity contribution is 7.12. The maximum Gasteiger partial charge on any atom is 0.407 e. The van der Waals surface area contributed by atoms with E-state index in [1.54, 1.807) is 4.88 Å². The zero-order valence-electron chi connectivity index (χ0n) is 13.0. The molecule has 4 rings (SSSR count). The zero-order valence-corrected chi connectivity index (χ0v) is 13.8. The van der Waals surface area contributed by atoms with E-state index < -0.39 is 0 Å². The first kappa shape index (κ1) is 14.5. The molecule has 1 N–H and O–H groups in total. The summed E-state index contributed by atoms with van der Waals surface area (Å²) >= 11 is 1.99. The molecule has 120 valence electrons. The number of hydrogen-bond donors (Lipinski definition) is 1. The van der Waals surface area contributed by atoms with Gasteiger partial charge in [-0.1, -0.05) is 12.8 Å². The van der Waals surface area contributed by atoms with Gasteiger partial charge in [0.15, 0.2) is 0 Å². The smallest absolute Gasteiger partial charge is 0.407 e. The van der Waals surface area contributed by atoms with Crippen molar-refractivity contribution in [1.82, 2.24) is 10.2 Å². The van der Waals surface area contributed by atoms with Crippen molar-refractivity contribution < 1.29 is 9.53 Å². The SMILES string of the molecule is O=C1NC[C@]2(CCCN(Cc3ccc(C4CCCC4)s3)C2)O1. The van der Waals surface area contributed by atoms with Gasteiger partial charge in [0.05, 0.1) is 6.54 Å². The number of piperidine rings is 1. The first-order chi connectivity index (χ1) is 10.7. The molecule has 1 aromatic heterocycles. The van der Waals surface area contributed by atoms with Crippen molar-refractivity contribution in [2.75, 3.05) is 19.6 Å². The average molecular weight is 320 g/mol. The summed E-state index contributed by atoms with van der Waals surface area (Å²) in [4.78, 5) is 16.9. The molecule has 3 aliphatic rings. The Bertz CT molecular complexity index is 553. The van der Waals surface area contributed by atoms with Gasteiger partial charge in [-0.2, -0.15) is 0 Å². The van der Waals surface area contributed by atoms with E-state index in [1.807, 2.05) is 11.3 Å². The van der Waals surface area contributed by atoms with Gasteiger partial charge in [0.1, 0.15) is 5.60 Å². The first-order valence-electron chi connectivity index (χ1n) is 8.50. The van der Waals surface area contributed by atoms with Crippen molar-refractivity contribution in [3.63, 3.8) is 0 Å². The van der Waals surface area contributed by atoms with Gasteiger partial charge in [0, 0.05) is 22.8 Å². The van der Waals surface area contributed by atoms with Crippen LogP contribution in [-0.2, 0) is 11.3 Å². The summed E-state index contributed by atoms with van der Waals surface area (Å²) in [5.74, 6) is 0.812. The number of alkyl carbamates (subject to hydrolysis) is 1. The molecule has 5 heteroatoms. The predicted octanol–water partition coefficient (Wildman–Crippen LogP) is 3.48. The van der Waals surface area contributed by atoms with E-state index in [2.05, 4.69) is 22.3 Å². The highest BCUT2D eigenvalue weighted by atomic mass is 32.1. The van der Waals surface area contributed by atoms with Crippen LogP contribution in [0.5, 0.6) is 0 Å². The van der Waals surface area contributed by atoms with Crippen LogP contribution in [0.25, 0.3) is 0 Å². The van der Waals surface area contributed by atoms with Gasteiger partial charge < -0.3 is 10.1 Å². The van der Waals surface area contributed by atoms with Crippen LogP contribution in [0.15, 0.2) is 12.1 Å². The van der Waals surface area contributed by atoms with Gasteiger partial charge in [-0.05, 0) is 50.3 Å². The lowest BCUT2D eigenvalue weighted by Gasteiger charge is -2.37. The molecule has 4 nitrogen and oxygen atoms in total. The van der Waals surface area contributed by atoms with Crippen molar-refractivity contribution >= 4 is 17.4 Å². The van der Waals surface area contributed by atoms with Crippen LogP contribution in [0.2, 0.25) is 0 Å². The molecule has 1 spiro atoms. The van der Waals surface area contributed by atoms with Gasteiger partial charge in [0.2, 0.25) is 0 Å². The summed E-state index contributed by atoms with van der Waals surface area (Å²) in [5.41, 5.74) is -0.277. The molecule has 2 saturated heterocycles. The molecule has 1 aromatic rings. The Morgan fingerprint density at radius 2 is 2.18 bits per heavy atom. The third kappa shape index (κ3) is 2.88. The molecule has 0 unspecified atom stereocenters. The highest BCUT2D eigenvalue weighted by Crippen LogP contribution is 2.38. The van der Waals surface area contributed by atoms with Crippen molar-refractivity contribution in [1.29, 1.82) is 0 Å². The molecule has 2 aliphatic heterocycles. The van der Waals surface area contributed by atoms with Crippen molar-refractivity contribution in [3.05, 3.63) is 21.9 Å². The van der Waals surface area contributed by atoms with Gasteiger partial charge in [-0.3, -0.25) is 4.90 Å². The molecular formula is C17H24N2O2S. The Balaban J connectivity index is 1.39. The Morgan fingerprint density at radius 1 is 1.32 bits per heavy atom. The molecule has 0 bridgehead atoms. The van der Waals surface area contributed by atoms with E-state index in [9.17, 15) is 4.79 Å². The van der Waals surface area contributed by atoms with Crippen molar-refractivity contribution in [2.24, 2.45) is 0 Å². The van der Waals surface area contributed by atoms with E-state index >= 15 is 0 Å². The summed E-state index contributed by atoms with van der Waals surface area (Å²) in [7, 11) is 0. The third-order valence-electron chi connectivity index (χ3n) is 5.30. The largest absolute Gasteiger partial charge is 0.440 e. The van der Waals surface area contributed by atoms with Crippen LogP contribution in [-0.4, -0.2) is 36.2 Å². The van der Waals surface area contributed by atoms with Crippen LogP contribution < -0.4 is 5.32 Å². The molecule has 1 aliphatic carbocycles. The second-order valence-electron chi connectivity index (χ2n) is 7.03. The van der Waals surface area contributed by atoms with E-state index in [0.29, 0.717) is 6.54 Å². The number of carbonyl (C=O) groups excluding carboxylic acids is 1. The Hall–Kier alpha value is -1.07. The number of ether oxygens (including phenoxy) is 1. The molecule has 0 aromatic carbocycles. The first-order valence-corrected chi connectivity index (χ1v) is 9.32. The summed E-state index contributed by atoms with van der Waals surface area (Å²) in [6.45, 7) is 3.63. The summed E-state index contributed by atoms with van der Waals surface area (Å²) in [5, 5.41) is 2.82. The topological polar surface area (TPSA) is 41.6 Å². The summed E-state index contributed by atoms with van der Waals surface area (Å²) in [6, 6.07) is 4.64. The Kier molecular flexibility index (Phi) is 3.86. The van der Waals surface area contributed by atoms with E-state index in [1.165, 1.54) is 30.6 Å². The molecule has 1 saturated carbocycles. The number of rotatable bonds is 3. The maximum absolute atomic E-state index is 11.4. The van der Waals surface area contributed by atoms with Crippen LogP contribution >= 0.6 is 11.3 Å². The molecule has 3 fully saturated rings. The predicted molar refractivity (Wildman–Crippen MR) is 87.3 cm³/mol. The number of thiophene rings is 1. The molecule has 3 heterocycles. The standard InChI is InChI=1S/C17H24N2O2S/c20-16-18-11-17(21-16)8-3-9-19(12-17)10-14-6-7-15(22-14)13-4-1-2-5-13/h6-7,13H,1-5,8-12H2,(H,18,20)/t17-/m0/s1. The molecule has 1 amide bonds. The number of amides is 1. The molecule has 1 atom stereocenters. The number of carbonyl (C=O) groups is 1. The highest BCUT2D eigenvalue weighted by Gasteiger charge is 2.43. The van der Waals surface area contributed by atoms with Crippen LogP contribution in [0.1, 0.15) is 54.2 Å². The van der Waals surface area contributed by atoms with Crippen LogP contribution in [0.4, 0.5) is 4.79 Å². The molecule has 22 heavy (non-hydrogen) atoms. The minimum Gasteiger partial charge on any atom is -0.440 e. The van der Waals surface area contributed by atoms with Gasteiger partial charge in [-0.15, -0.1) is 11.3 Å². The fourth-order valence-corrected chi connectivity index (χ4v) is 5.41. The molecular weight excluding hydrogens is 296 g/mol. The lowest BCUT2D eigenvalue weighted by atomic mass is 9.93. The quantitative estimate of drug-likeness (QED) is 0.927. The molecule has 0 radical (unpaired) electrons. The Morgan fingerprint density at radius 3 is 2.95 bits per heavy atom. The van der Waals surface area contributed by atoms with E-state index in [4.69, 9.17) is 4.74 Å². The fourth-order valence-electron chi connectivity index (χ4n) is 4.18. The van der Waals surface area contributed by atoms with Gasteiger partial charge >= 0.3 is 6.09 Å². The van der Waals surface area contributed by atoms with E-state index in [-0.39, 0.29) is 11.7 Å².